The molecular formula is C25H28N8O3. The lowest BCUT2D eigenvalue weighted by molar-refractivity contribution is -0.117. The molecule has 0 saturated heterocycles. The van der Waals surface area contributed by atoms with Crippen LogP contribution in [-0.2, 0) is 22.6 Å². The Morgan fingerprint density at radius 1 is 0.944 bits per heavy atom. The summed E-state index contributed by atoms with van der Waals surface area (Å²) in [5, 5.41) is 14.3. The van der Waals surface area contributed by atoms with Crippen LogP contribution in [0.3, 0.4) is 0 Å². The molecule has 0 saturated carbocycles. The maximum atomic E-state index is 12.8. The Labute approximate surface area is 208 Å². The fraction of sp³-hybridized carbons (Fsp3) is 0.280. The van der Waals surface area contributed by atoms with Crippen molar-refractivity contribution in [2.75, 3.05) is 17.7 Å². The number of hydrogen-bond acceptors (Lipinski definition) is 7. The molecule has 0 atom stereocenters. The minimum atomic E-state index is -0.242. The van der Waals surface area contributed by atoms with E-state index in [4.69, 9.17) is 4.74 Å². The maximum Gasteiger partial charge on any atom is 0.251 e. The average Bonchev–Trinajstić information content (AvgIpc) is 3.37. The van der Waals surface area contributed by atoms with E-state index in [0.717, 1.165) is 28.3 Å². The summed E-state index contributed by atoms with van der Waals surface area (Å²) in [4.78, 5) is 34.0. The van der Waals surface area contributed by atoms with Crippen molar-refractivity contribution in [1.82, 2.24) is 29.5 Å². The lowest BCUT2D eigenvalue weighted by Crippen LogP contribution is -2.19. The normalized spacial score (nSPS) is 10.8. The zero-order valence-corrected chi connectivity index (χ0v) is 20.9. The summed E-state index contributed by atoms with van der Waals surface area (Å²) in [6.45, 7) is 7.56. The van der Waals surface area contributed by atoms with Crippen LogP contribution in [0.1, 0.15) is 28.3 Å². The lowest BCUT2D eigenvalue weighted by Gasteiger charge is -2.07. The number of hydrogen-bond donors (Lipinski definition) is 2. The molecule has 4 aromatic rings. The summed E-state index contributed by atoms with van der Waals surface area (Å²) >= 11 is 0. The zero-order valence-electron chi connectivity index (χ0n) is 20.9. The van der Waals surface area contributed by atoms with E-state index in [1.54, 1.807) is 42.3 Å². The van der Waals surface area contributed by atoms with Crippen LogP contribution in [0.2, 0.25) is 0 Å². The van der Waals surface area contributed by atoms with Gasteiger partial charge in [-0.05, 0) is 58.0 Å². The molecule has 0 unspecified atom stereocenters. The first-order chi connectivity index (χ1) is 17.2. The number of amides is 2. The van der Waals surface area contributed by atoms with Gasteiger partial charge in [-0.25, -0.2) is 14.6 Å². The van der Waals surface area contributed by atoms with Crippen LogP contribution in [0.5, 0.6) is 5.75 Å². The number of aryl methyl sites for hydroxylation is 3. The number of benzene rings is 1. The van der Waals surface area contributed by atoms with Crippen molar-refractivity contribution in [2.24, 2.45) is 0 Å². The summed E-state index contributed by atoms with van der Waals surface area (Å²) in [6, 6.07) is 8.93. The van der Waals surface area contributed by atoms with E-state index >= 15 is 0 Å². The van der Waals surface area contributed by atoms with E-state index < -0.39 is 0 Å². The molecule has 186 valence electrons. The van der Waals surface area contributed by atoms with Crippen LogP contribution in [0.15, 0.2) is 42.7 Å². The van der Waals surface area contributed by atoms with Gasteiger partial charge >= 0.3 is 0 Å². The van der Waals surface area contributed by atoms with Crippen molar-refractivity contribution in [3.8, 4) is 11.7 Å². The highest BCUT2D eigenvalue weighted by molar-refractivity contribution is 5.93. The van der Waals surface area contributed by atoms with E-state index in [-0.39, 0.29) is 24.8 Å². The third-order valence-corrected chi connectivity index (χ3v) is 5.53. The highest BCUT2D eigenvalue weighted by Crippen LogP contribution is 2.18. The predicted molar refractivity (Wildman–Crippen MR) is 134 cm³/mol. The zero-order chi connectivity index (χ0) is 25.8. The van der Waals surface area contributed by atoms with Gasteiger partial charge in [0.1, 0.15) is 12.3 Å². The predicted octanol–water partition coefficient (Wildman–Crippen LogP) is 2.92. The smallest absolute Gasteiger partial charge is 0.251 e. The average molecular weight is 489 g/mol. The number of ether oxygens (including phenoxy) is 1. The highest BCUT2D eigenvalue weighted by Gasteiger charge is 2.18. The van der Waals surface area contributed by atoms with E-state index in [0.29, 0.717) is 23.1 Å². The molecule has 36 heavy (non-hydrogen) atoms. The summed E-state index contributed by atoms with van der Waals surface area (Å²) in [5.74, 6) is 0.725. The number of methoxy groups -OCH3 is 1. The number of nitrogens with zero attached hydrogens (tertiary/aromatic N) is 6. The van der Waals surface area contributed by atoms with Gasteiger partial charge in [-0.3, -0.25) is 14.3 Å². The molecule has 0 spiro atoms. The van der Waals surface area contributed by atoms with Crippen LogP contribution in [0.25, 0.3) is 5.95 Å². The second-order valence-corrected chi connectivity index (χ2v) is 8.44. The molecule has 0 aliphatic carbocycles. The van der Waals surface area contributed by atoms with Gasteiger partial charge in [-0.15, -0.1) is 0 Å². The summed E-state index contributed by atoms with van der Waals surface area (Å²) in [6.07, 6.45) is 3.24. The molecule has 0 bridgehead atoms. The fourth-order valence-corrected chi connectivity index (χ4v) is 3.83. The van der Waals surface area contributed by atoms with Gasteiger partial charge < -0.3 is 15.4 Å². The number of nitrogens with one attached hydrogen (secondary N) is 2. The third kappa shape index (κ3) is 5.74. The van der Waals surface area contributed by atoms with Gasteiger partial charge in [0.25, 0.3) is 5.95 Å². The van der Waals surface area contributed by atoms with E-state index in [9.17, 15) is 9.59 Å². The van der Waals surface area contributed by atoms with Gasteiger partial charge in [0.05, 0.1) is 31.1 Å². The van der Waals surface area contributed by atoms with Crippen molar-refractivity contribution in [2.45, 2.75) is 40.7 Å². The second kappa shape index (κ2) is 10.4. The van der Waals surface area contributed by atoms with Gasteiger partial charge in [0.15, 0.2) is 0 Å². The van der Waals surface area contributed by atoms with Crippen LogP contribution in [0.4, 0.5) is 11.4 Å². The number of carbonyl (C=O) groups excluding carboxylic acids is 2. The molecule has 4 rings (SSSR count). The fourth-order valence-electron chi connectivity index (χ4n) is 3.83. The summed E-state index contributed by atoms with van der Waals surface area (Å²) < 4.78 is 8.24. The third-order valence-electron chi connectivity index (χ3n) is 5.53. The van der Waals surface area contributed by atoms with Crippen LogP contribution in [0, 0.1) is 27.7 Å². The van der Waals surface area contributed by atoms with Gasteiger partial charge in [0.2, 0.25) is 11.8 Å². The number of rotatable bonds is 8. The van der Waals surface area contributed by atoms with Gasteiger partial charge in [-0.2, -0.15) is 10.2 Å². The number of aromatic nitrogens is 6. The topological polar surface area (TPSA) is 129 Å². The van der Waals surface area contributed by atoms with E-state index in [1.807, 2.05) is 33.8 Å². The Morgan fingerprint density at radius 3 is 2.28 bits per heavy atom. The van der Waals surface area contributed by atoms with Crippen molar-refractivity contribution in [1.29, 1.82) is 0 Å². The molecule has 3 heterocycles. The Kier molecular flexibility index (Phi) is 7.09. The highest BCUT2D eigenvalue weighted by atomic mass is 16.5. The van der Waals surface area contributed by atoms with Gasteiger partial charge in [-0.1, -0.05) is 0 Å². The molecule has 11 nitrogen and oxygen atoms in total. The Balaban J connectivity index is 1.37. The maximum absolute atomic E-state index is 12.8. The molecule has 3 aromatic heterocycles. The first kappa shape index (κ1) is 24.6. The number of carbonyl (C=O) groups is 2. The molecule has 0 radical (unpaired) electrons. The molecule has 0 fully saturated rings. The first-order valence-electron chi connectivity index (χ1n) is 11.4. The van der Waals surface area contributed by atoms with Gasteiger partial charge in [0, 0.05) is 34.5 Å². The molecule has 0 aliphatic heterocycles. The monoisotopic (exact) mass is 488 g/mol. The van der Waals surface area contributed by atoms with Crippen LogP contribution >= 0.6 is 0 Å². The quantitative estimate of drug-likeness (QED) is 0.390. The van der Waals surface area contributed by atoms with Crippen LogP contribution < -0.4 is 15.4 Å². The molecule has 1 aromatic carbocycles. The van der Waals surface area contributed by atoms with Crippen molar-refractivity contribution >= 4 is 23.2 Å². The summed E-state index contributed by atoms with van der Waals surface area (Å²) in [5.41, 5.74) is 5.19. The molecule has 0 aliphatic rings. The minimum Gasteiger partial charge on any atom is -0.497 e. The van der Waals surface area contributed by atoms with Crippen LogP contribution in [-0.4, -0.2) is 48.5 Å². The Morgan fingerprint density at radius 2 is 1.61 bits per heavy atom. The van der Waals surface area contributed by atoms with E-state index in [1.165, 1.54) is 10.9 Å². The van der Waals surface area contributed by atoms with Crippen molar-refractivity contribution < 1.29 is 14.3 Å². The molecule has 11 heteroatoms. The summed E-state index contributed by atoms with van der Waals surface area (Å²) in [7, 11) is 1.58. The van der Waals surface area contributed by atoms with Crippen molar-refractivity contribution in [3.63, 3.8) is 0 Å². The standard InChI is InChI=1S/C25H28N8O3/c1-15-10-16(2)28-25(27-15)33-18(4)22(17(3)31-33)11-23(34)30-20-12-26-32(13-20)14-24(35)29-19-6-8-21(36-5)9-7-19/h6-10,12-13H,11,14H2,1-5H3,(H,29,35)(H,30,34). The second-order valence-electron chi connectivity index (χ2n) is 8.44. The lowest BCUT2D eigenvalue weighted by atomic mass is 10.1. The molecule has 2 amide bonds. The molecular weight excluding hydrogens is 460 g/mol. The number of anilines is 2. The minimum absolute atomic E-state index is 0.00277. The first-order valence-corrected chi connectivity index (χ1v) is 11.4. The van der Waals surface area contributed by atoms with E-state index in [2.05, 4.69) is 30.8 Å². The largest absolute Gasteiger partial charge is 0.497 e. The Hall–Kier alpha value is -4.54. The Bertz CT molecular complexity index is 1390. The SMILES string of the molecule is COc1ccc(NC(=O)Cn2cc(NC(=O)Cc3c(C)nn(-c4nc(C)cc(C)n4)c3C)cn2)cc1. The molecule has 2 N–H and O–H groups in total. The van der Waals surface area contributed by atoms with Crippen molar-refractivity contribution in [3.05, 3.63) is 71.1 Å².